The lowest BCUT2D eigenvalue weighted by Gasteiger charge is -2.08. The van der Waals surface area contributed by atoms with Gasteiger partial charge in [0.25, 0.3) is 0 Å². The summed E-state index contributed by atoms with van der Waals surface area (Å²) in [6.07, 6.45) is 2.07. The van der Waals surface area contributed by atoms with Crippen LogP contribution < -0.4 is 68.4 Å². The molecule has 0 unspecified atom stereocenters. The number of esters is 2. The Kier molecular flexibility index (Phi) is 46.9. The maximum absolute atomic E-state index is 11.1. The summed E-state index contributed by atoms with van der Waals surface area (Å²) in [5.41, 5.74) is 55.1. The van der Waals surface area contributed by atoms with E-state index < -0.39 is 96.5 Å². The van der Waals surface area contributed by atoms with E-state index in [1.807, 2.05) is 0 Å². The molecule has 1 rings (SSSR count). The molecule has 0 aromatic heterocycles. The molecule has 0 amide bonds. The number of carbonyl (C=O) groups is 9. The minimum absolute atomic E-state index is 0.0129. The van der Waals surface area contributed by atoms with Crippen LogP contribution in [0.2, 0.25) is 0 Å². The number of aliphatic imine (C=N–C) groups is 2. The lowest BCUT2D eigenvalue weighted by Crippen LogP contribution is -2.39. The molecule has 1 fully saturated rings. The number of aliphatic hydroxyl groups excluding tert-OH is 1. The van der Waals surface area contributed by atoms with E-state index in [0.29, 0.717) is 38.8 Å². The number of carboxylic acid groups (broad SMARTS) is 7. The van der Waals surface area contributed by atoms with Crippen molar-refractivity contribution in [1.29, 1.82) is 0 Å². The van der Waals surface area contributed by atoms with Crippen LogP contribution in [0.4, 0.5) is 0 Å². The first-order valence-electron chi connectivity index (χ1n) is 18.3. The van der Waals surface area contributed by atoms with Gasteiger partial charge in [-0.05, 0) is 58.9 Å². The van der Waals surface area contributed by atoms with Gasteiger partial charge in [-0.2, -0.15) is 0 Å². The van der Waals surface area contributed by atoms with E-state index in [9.17, 15) is 43.2 Å². The highest BCUT2D eigenvalue weighted by Crippen LogP contribution is 2.03. The van der Waals surface area contributed by atoms with Crippen molar-refractivity contribution in [3.63, 3.8) is 0 Å². The van der Waals surface area contributed by atoms with Crippen LogP contribution in [-0.2, 0) is 47.9 Å². The van der Waals surface area contributed by atoms with Crippen molar-refractivity contribution < 1.29 is 88.7 Å². The summed E-state index contributed by atoms with van der Waals surface area (Å²) in [7, 11) is 0. The largest absolute Gasteiger partial charge is 0.481 e. The van der Waals surface area contributed by atoms with Crippen LogP contribution in [0.5, 0.6) is 0 Å². The van der Waals surface area contributed by atoms with Crippen LogP contribution in [0.1, 0.15) is 58.8 Å². The molecule has 32 nitrogen and oxygen atoms in total. The molecule has 32 heteroatoms. The molecule has 1 aliphatic rings. The van der Waals surface area contributed by atoms with Gasteiger partial charge in [-0.1, -0.05) is 0 Å². The molecule has 64 heavy (non-hydrogen) atoms. The molecule has 0 aromatic rings. The Morgan fingerprint density at radius 2 is 1.05 bits per heavy atom. The third-order valence-electron chi connectivity index (χ3n) is 6.38. The maximum atomic E-state index is 11.1. The Morgan fingerprint density at radius 1 is 0.641 bits per heavy atom. The average molecular weight is 937 g/mol. The summed E-state index contributed by atoms with van der Waals surface area (Å²) in [5, 5.41) is 67.6. The molecule has 1 heterocycles. The number of nitrogens with one attached hydrogen (secondary N) is 1. The van der Waals surface area contributed by atoms with Crippen LogP contribution in [-0.4, -0.2) is 182 Å². The van der Waals surface area contributed by atoms with E-state index in [4.69, 9.17) is 98.2 Å². The van der Waals surface area contributed by atoms with E-state index in [-0.39, 0.29) is 31.1 Å². The minimum atomic E-state index is -1.29. The van der Waals surface area contributed by atoms with Crippen LogP contribution in [0, 0.1) is 0 Å². The molecular weight excluding hydrogens is 868 g/mol. The summed E-state index contributed by atoms with van der Waals surface area (Å²) >= 11 is 0. The summed E-state index contributed by atoms with van der Waals surface area (Å²) in [6.45, 7) is 3.77. The molecule has 0 aliphatic carbocycles. The highest BCUT2D eigenvalue weighted by Gasteiger charge is 2.20. The second-order valence-corrected chi connectivity index (χ2v) is 12.3. The van der Waals surface area contributed by atoms with E-state index >= 15 is 0 Å². The fraction of sp³-hybridized carbons (Fsp3) is 0.656. The number of carbonyl (C=O) groups excluding carboxylic acids is 2. The Bertz CT molecular complexity index is 1430. The Morgan fingerprint density at radius 3 is 1.25 bits per heavy atom. The van der Waals surface area contributed by atoms with Gasteiger partial charge >= 0.3 is 53.7 Å². The van der Waals surface area contributed by atoms with Crippen molar-refractivity contribution in [2.45, 2.75) is 101 Å². The van der Waals surface area contributed by atoms with Gasteiger partial charge in [-0.15, -0.1) is 0 Å². The number of aliphatic carboxylic acids is 7. The standard InChI is InChI=1S/C8H17N5O3.C6H14N4O2.C5H9NO2.C4H7NO4.C4H9NO3.C3H7NO2.C2H5NO2/c9-4-6(14)16-7(15)5(10)2-1-3-13-8(11)12;7-4(5(11)12)2-1-3-10-6(8)9;7-5(8)4-2-1-3-6-4;5-2(4(8)9)1-3(6)7;1-2(6)3(5)4(7)8;1-2(4)3(5)6;3-1-2(4)5/h5H,1-4,9-10H2,(H4,11,12,13);4H,1-3,7H2,(H,11,12)(H4,8,9,10);4,6H,1-3H2,(H,7,8);2H,1,5H2,(H,6,7)(H,8,9);2-3,6H,5H2,1H3,(H,7,8);2H,4H2,1H3,(H,5,6);1,3H2,(H,4,5)/t5-;2*4-;2-;2-,3+;2-;/m000010./s1. The first-order valence-corrected chi connectivity index (χ1v) is 18.3. The fourth-order valence-corrected chi connectivity index (χ4v) is 2.89. The van der Waals surface area contributed by atoms with Gasteiger partial charge in [0.2, 0.25) is 0 Å². The van der Waals surface area contributed by atoms with Gasteiger partial charge in [-0.25, -0.2) is 4.79 Å². The molecule has 0 bridgehead atoms. The van der Waals surface area contributed by atoms with Gasteiger partial charge in [0.1, 0.15) is 36.3 Å². The van der Waals surface area contributed by atoms with Crippen LogP contribution in [0.3, 0.4) is 0 Å². The molecule has 1 saturated heterocycles. The van der Waals surface area contributed by atoms with Crippen molar-refractivity contribution in [1.82, 2.24) is 5.32 Å². The van der Waals surface area contributed by atoms with Gasteiger partial charge in [0.05, 0.1) is 25.6 Å². The van der Waals surface area contributed by atoms with Crippen LogP contribution >= 0.6 is 0 Å². The van der Waals surface area contributed by atoms with E-state index in [2.05, 4.69) is 25.8 Å². The predicted molar refractivity (Wildman–Crippen MR) is 225 cm³/mol. The normalized spacial score (nSPS) is 14.5. The molecule has 0 radical (unpaired) electrons. The molecule has 31 N–H and O–H groups in total. The topological polar surface area (TPSA) is 648 Å². The number of nitrogens with two attached hydrogens (primary N) is 11. The Balaban J connectivity index is -0.000000158. The number of hydrogen-bond acceptors (Lipinski definition) is 21. The number of hydrogen-bond donors (Lipinski definition) is 20. The molecular formula is C32H68N14O18. The van der Waals surface area contributed by atoms with Gasteiger partial charge in [0, 0.05) is 13.1 Å². The number of aliphatic hydroxyl groups is 1. The molecule has 0 saturated carbocycles. The van der Waals surface area contributed by atoms with E-state index in [1.165, 1.54) is 13.8 Å². The summed E-state index contributed by atoms with van der Waals surface area (Å²) < 4.78 is 4.33. The third-order valence-corrected chi connectivity index (χ3v) is 6.38. The number of guanidine groups is 2. The molecule has 374 valence electrons. The molecule has 0 spiro atoms. The Hall–Kier alpha value is -6.39. The maximum Gasteiger partial charge on any atom is 0.330 e. The average Bonchev–Trinajstić information content (AvgIpc) is 3.74. The van der Waals surface area contributed by atoms with Crippen molar-refractivity contribution in [2.24, 2.45) is 73.1 Å². The minimum Gasteiger partial charge on any atom is -0.481 e. The summed E-state index contributed by atoms with van der Waals surface area (Å²) in [5.74, 6) is -8.93. The number of carboxylic acids is 7. The van der Waals surface area contributed by atoms with Gasteiger partial charge in [-0.3, -0.25) is 48.3 Å². The molecule has 1 aliphatic heterocycles. The number of ether oxygens (including phenoxy) is 1. The summed E-state index contributed by atoms with van der Waals surface area (Å²) in [4.78, 5) is 97.8. The van der Waals surface area contributed by atoms with E-state index in [0.717, 1.165) is 19.4 Å². The first kappa shape index (κ1) is 69.3. The molecule has 0 aromatic carbocycles. The van der Waals surface area contributed by atoms with Gasteiger partial charge in [0.15, 0.2) is 11.9 Å². The fourth-order valence-electron chi connectivity index (χ4n) is 2.89. The predicted octanol–water partition coefficient (Wildman–Crippen LogP) is -8.23. The van der Waals surface area contributed by atoms with Crippen LogP contribution in [0.25, 0.3) is 0 Å². The van der Waals surface area contributed by atoms with Crippen LogP contribution in [0.15, 0.2) is 9.98 Å². The zero-order valence-corrected chi connectivity index (χ0v) is 35.4. The monoisotopic (exact) mass is 936 g/mol. The van der Waals surface area contributed by atoms with Crippen molar-refractivity contribution >= 4 is 65.6 Å². The highest BCUT2D eigenvalue weighted by atomic mass is 16.6. The lowest BCUT2D eigenvalue weighted by molar-refractivity contribution is -0.160. The zero-order valence-electron chi connectivity index (χ0n) is 35.4. The second kappa shape index (κ2) is 43.3. The number of nitrogens with zero attached hydrogens (tertiary/aromatic N) is 2. The van der Waals surface area contributed by atoms with Crippen molar-refractivity contribution in [3.8, 4) is 0 Å². The quantitative estimate of drug-likeness (QED) is 0.0188. The Labute approximate surface area is 366 Å². The number of rotatable bonds is 19. The van der Waals surface area contributed by atoms with Crippen molar-refractivity contribution in [3.05, 3.63) is 0 Å². The zero-order chi connectivity index (χ0) is 51.7. The highest BCUT2D eigenvalue weighted by molar-refractivity contribution is 5.89. The lowest BCUT2D eigenvalue weighted by atomic mass is 10.2. The van der Waals surface area contributed by atoms with E-state index in [1.54, 1.807) is 0 Å². The van der Waals surface area contributed by atoms with Crippen molar-refractivity contribution in [2.75, 3.05) is 32.7 Å². The molecule has 7 atom stereocenters. The third kappa shape index (κ3) is 55.6. The second-order valence-electron chi connectivity index (χ2n) is 12.3. The first-order chi connectivity index (χ1) is 29.3. The van der Waals surface area contributed by atoms with Gasteiger partial charge < -0.3 is 114 Å². The summed E-state index contributed by atoms with van der Waals surface area (Å²) in [6, 6.07) is -5.14. The SMILES string of the molecule is C[C@@H](O)[C@H](N)C(=O)O.C[C@H](N)C(=O)O.NC(N)=NCCC[C@H](N)C(=O)O.NCC(=O)O.NCC(=O)OC(=O)[C@@H](N)CCCN=C(N)N.N[C@@H](CC(=O)O)C(=O)O.O=C(O)[C@@H]1CCCN1. The smallest absolute Gasteiger partial charge is 0.330 e.